The van der Waals surface area contributed by atoms with Gasteiger partial charge in [0.25, 0.3) is 0 Å². The summed E-state index contributed by atoms with van der Waals surface area (Å²) in [5, 5.41) is 9.68. The number of carbonyl (C=O) groups is 2. The van der Waals surface area contributed by atoms with Crippen LogP contribution in [0.2, 0.25) is 0 Å². The van der Waals surface area contributed by atoms with E-state index in [1.807, 2.05) is 42.5 Å². The highest BCUT2D eigenvalue weighted by Gasteiger charge is 2.11. The Morgan fingerprint density at radius 2 is 1.92 bits per heavy atom. The molecule has 0 fully saturated rings. The molecule has 25 heavy (non-hydrogen) atoms. The molecule has 0 unspecified atom stereocenters. The number of benzene rings is 2. The molecule has 0 bridgehead atoms. The molecule has 128 valence electrons. The topological polar surface area (TPSA) is 80.3 Å². The van der Waals surface area contributed by atoms with E-state index in [4.69, 9.17) is 4.74 Å². The molecule has 2 aromatic carbocycles. The van der Waals surface area contributed by atoms with Crippen LogP contribution in [0.4, 0.5) is 15.6 Å². The number of urea groups is 1. The molecule has 2 N–H and O–H groups in total. The van der Waals surface area contributed by atoms with Crippen LogP contribution in [0.15, 0.2) is 47.8 Å². The summed E-state index contributed by atoms with van der Waals surface area (Å²) < 4.78 is 4.88. The summed E-state index contributed by atoms with van der Waals surface area (Å²) in [7, 11) is 0. The second-order valence-electron chi connectivity index (χ2n) is 5.23. The molecule has 1 aromatic heterocycles. The van der Waals surface area contributed by atoms with Crippen LogP contribution in [0, 0.1) is 0 Å². The van der Waals surface area contributed by atoms with Gasteiger partial charge in [-0.25, -0.2) is 9.78 Å². The summed E-state index contributed by atoms with van der Waals surface area (Å²) >= 11 is 1.26. The van der Waals surface area contributed by atoms with Gasteiger partial charge >= 0.3 is 12.0 Å². The summed E-state index contributed by atoms with van der Waals surface area (Å²) in [6.45, 7) is 2.09. The van der Waals surface area contributed by atoms with Crippen molar-refractivity contribution in [2.24, 2.45) is 0 Å². The largest absolute Gasteiger partial charge is 0.466 e. The van der Waals surface area contributed by atoms with E-state index in [2.05, 4.69) is 15.6 Å². The molecule has 3 aromatic rings. The molecule has 0 aliphatic rings. The number of amides is 2. The van der Waals surface area contributed by atoms with E-state index in [-0.39, 0.29) is 18.4 Å². The van der Waals surface area contributed by atoms with Crippen LogP contribution in [-0.2, 0) is 16.0 Å². The lowest BCUT2D eigenvalue weighted by molar-refractivity contribution is -0.142. The number of aromatic nitrogens is 1. The minimum absolute atomic E-state index is 0.0942. The van der Waals surface area contributed by atoms with Gasteiger partial charge in [-0.05, 0) is 18.4 Å². The Kier molecular flexibility index (Phi) is 5.25. The lowest BCUT2D eigenvalue weighted by atomic mass is 10.1. The summed E-state index contributed by atoms with van der Waals surface area (Å²) in [5.41, 5.74) is 1.29. The average Bonchev–Trinajstić information content (AvgIpc) is 3.02. The number of hydrogen-bond acceptors (Lipinski definition) is 5. The highest BCUT2D eigenvalue weighted by molar-refractivity contribution is 7.14. The van der Waals surface area contributed by atoms with Crippen molar-refractivity contribution < 1.29 is 14.3 Å². The van der Waals surface area contributed by atoms with Crippen molar-refractivity contribution in [1.82, 2.24) is 4.98 Å². The third-order valence-electron chi connectivity index (χ3n) is 3.44. The van der Waals surface area contributed by atoms with Crippen molar-refractivity contribution in [3.63, 3.8) is 0 Å². The van der Waals surface area contributed by atoms with Gasteiger partial charge < -0.3 is 10.1 Å². The van der Waals surface area contributed by atoms with E-state index >= 15 is 0 Å². The number of esters is 1. The van der Waals surface area contributed by atoms with Crippen LogP contribution >= 0.6 is 11.3 Å². The maximum Gasteiger partial charge on any atom is 0.325 e. The van der Waals surface area contributed by atoms with Crippen molar-refractivity contribution in [2.45, 2.75) is 13.3 Å². The molecular weight excluding hydrogens is 338 g/mol. The maximum atomic E-state index is 12.2. The molecule has 0 aliphatic carbocycles. The third kappa shape index (κ3) is 4.33. The van der Waals surface area contributed by atoms with Gasteiger partial charge in [-0.3, -0.25) is 10.1 Å². The van der Waals surface area contributed by atoms with Crippen molar-refractivity contribution in [2.75, 3.05) is 17.2 Å². The first-order valence-corrected chi connectivity index (χ1v) is 8.69. The predicted molar refractivity (Wildman–Crippen MR) is 99.0 cm³/mol. The monoisotopic (exact) mass is 355 g/mol. The Balaban J connectivity index is 1.65. The van der Waals surface area contributed by atoms with Gasteiger partial charge in [0.05, 0.1) is 24.4 Å². The van der Waals surface area contributed by atoms with E-state index in [1.165, 1.54) is 11.3 Å². The number of thiazole rings is 1. The van der Waals surface area contributed by atoms with Gasteiger partial charge in [0.2, 0.25) is 0 Å². The first-order chi connectivity index (χ1) is 12.2. The molecule has 0 spiro atoms. The highest BCUT2D eigenvalue weighted by Crippen LogP contribution is 2.23. The number of nitrogens with zero attached hydrogens (tertiary/aromatic N) is 1. The number of rotatable bonds is 5. The van der Waals surface area contributed by atoms with Crippen molar-refractivity contribution in [3.05, 3.63) is 53.5 Å². The lowest BCUT2D eigenvalue weighted by Gasteiger charge is -2.08. The van der Waals surface area contributed by atoms with E-state index in [1.54, 1.807) is 12.3 Å². The van der Waals surface area contributed by atoms with Crippen LogP contribution in [-0.4, -0.2) is 23.6 Å². The molecule has 6 nitrogen and oxygen atoms in total. The van der Waals surface area contributed by atoms with Crippen LogP contribution in [0.5, 0.6) is 0 Å². The molecule has 0 radical (unpaired) electrons. The van der Waals surface area contributed by atoms with Crippen LogP contribution in [0.1, 0.15) is 12.6 Å². The Bertz CT molecular complexity index is 902. The molecular formula is C18H17N3O3S. The second-order valence-corrected chi connectivity index (χ2v) is 6.09. The van der Waals surface area contributed by atoms with Gasteiger partial charge in [0.1, 0.15) is 0 Å². The molecule has 0 aliphatic heterocycles. The van der Waals surface area contributed by atoms with E-state index < -0.39 is 0 Å². The molecule has 0 saturated carbocycles. The highest BCUT2D eigenvalue weighted by atomic mass is 32.1. The van der Waals surface area contributed by atoms with Crippen molar-refractivity contribution >= 4 is 44.9 Å². The van der Waals surface area contributed by atoms with Crippen LogP contribution < -0.4 is 10.6 Å². The Labute approximate surface area is 148 Å². The molecule has 0 atom stereocenters. The van der Waals surface area contributed by atoms with Crippen molar-refractivity contribution in [1.29, 1.82) is 0 Å². The summed E-state index contributed by atoms with van der Waals surface area (Å²) in [5.74, 6) is -0.334. The number of nitrogens with one attached hydrogen (secondary N) is 2. The number of anilines is 2. The van der Waals surface area contributed by atoms with E-state index in [0.29, 0.717) is 17.4 Å². The van der Waals surface area contributed by atoms with Gasteiger partial charge in [0.15, 0.2) is 5.13 Å². The smallest absolute Gasteiger partial charge is 0.325 e. The average molecular weight is 355 g/mol. The summed E-state index contributed by atoms with van der Waals surface area (Å²) in [4.78, 5) is 27.9. The van der Waals surface area contributed by atoms with Crippen LogP contribution in [0.25, 0.3) is 10.8 Å². The molecule has 0 saturated heterocycles. The molecule has 2 amide bonds. The summed E-state index contributed by atoms with van der Waals surface area (Å²) in [6, 6.07) is 13.1. The molecule has 3 rings (SSSR count). The zero-order valence-electron chi connectivity index (χ0n) is 13.6. The zero-order chi connectivity index (χ0) is 17.6. The molecule has 1 heterocycles. The number of carbonyl (C=O) groups excluding carboxylic acids is 2. The zero-order valence-corrected chi connectivity index (χ0v) is 14.4. The predicted octanol–water partition coefficient (Wildman–Crippen LogP) is 4.05. The lowest BCUT2D eigenvalue weighted by Crippen LogP contribution is -2.19. The molecule has 7 heteroatoms. The minimum Gasteiger partial charge on any atom is -0.466 e. The first-order valence-electron chi connectivity index (χ1n) is 7.81. The van der Waals surface area contributed by atoms with Gasteiger partial charge in [0, 0.05) is 10.8 Å². The Morgan fingerprint density at radius 1 is 1.12 bits per heavy atom. The standard InChI is InChI=1S/C18H17N3O3S/c1-2-24-16(22)10-13-11-25-18(19-13)21-17(23)20-15-9-5-7-12-6-3-4-8-14(12)15/h3-9,11H,2,10H2,1H3,(H2,19,20,21,23). The van der Waals surface area contributed by atoms with Gasteiger partial charge in [-0.1, -0.05) is 36.4 Å². The van der Waals surface area contributed by atoms with Crippen molar-refractivity contribution in [3.8, 4) is 0 Å². The maximum absolute atomic E-state index is 12.2. The van der Waals surface area contributed by atoms with Gasteiger partial charge in [-0.2, -0.15) is 0 Å². The van der Waals surface area contributed by atoms with Crippen LogP contribution in [0.3, 0.4) is 0 Å². The summed E-state index contributed by atoms with van der Waals surface area (Å²) in [6.07, 6.45) is 0.0942. The van der Waals surface area contributed by atoms with E-state index in [9.17, 15) is 9.59 Å². The second kappa shape index (κ2) is 7.76. The fourth-order valence-electron chi connectivity index (χ4n) is 2.39. The minimum atomic E-state index is -0.381. The number of ether oxygens (including phenoxy) is 1. The van der Waals surface area contributed by atoms with E-state index in [0.717, 1.165) is 16.5 Å². The fraction of sp³-hybridized carbons (Fsp3) is 0.167. The normalized spacial score (nSPS) is 10.4. The quantitative estimate of drug-likeness (QED) is 0.677. The third-order valence-corrected chi connectivity index (χ3v) is 4.25. The fourth-order valence-corrected chi connectivity index (χ4v) is 3.10. The number of fused-ring (bicyclic) bond motifs is 1. The van der Waals surface area contributed by atoms with Gasteiger partial charge in [-0.15, -0.1) is 11.3 Å². The Hall–Kier alpha value is -2.93. The number of hydrogen-bond donors (Lipinski definition) is 2. The Morgan fingerprint density at radius 3 is 2.76 bits per heavy atom. The first kappa shape index (κ1) is 16.9. The SMILES string of the molecule is CCOC(=O)Cc1csc(NC(=O)Nc2cccc3ccccc23)n1.